The van der Waals surface area contributed by atoms with Crippen LogP contribution >= 0.6 is 22.9 Å². The van der Waals surface area contributed by atoms with Crippen molar-refractivity contribution in [2.45, 2.75) is 6.42 Å². The number of hydrogen-bond donors (Lipinski definition) is 0. The zero-order chi connectivity index (χ0) is 17.4. The van der Waals surface area contributed by atoms with Crippen molar-refractivity contribution in [2.24, 2.45) is 0 Å². The van der Waals surface area contributed by atoms with Gasteiger partial charge in [-0.05, 0) is 30.3 Å². The highest BCUT2D eigenvalue weighted by molar-refractivity contribution is 7.16. The van der Waals surface area contributed by atoms with Gasteiger partial charge in [-0.2, -0.15) is 0 Å². The number of nitrogens with zero attached hydrogens (tertiary/aromatic N) is 2. The number of anilines is 1. The molecule has 0 bridgehead atoms. The number of rotatable bonds is 3. The molecule has 0 atom stereocenters. The van der Waals surface area contributed by atoms with Crippen LogP contribution < -0.4 is 4.90 Å². The summed E-state index contributed by atoms with van der Waals surface area (Å²) in [5.41, 5.74) is 0.383. The average Bonchev–Trinajstić information content (AvgIpc) is 3.09. The minimum absolute atomic E-state index is 0.0548. The maximum absolute atomic E-state index is 13.2. The van der Waals surface area contributed by atoms with Crippen LogP contribution in [0.5, 0.6) is 0 Å². The van der Waals surface area contributed by atoms with Crippen LogP contribution in [0, 0.1) is 15.9 Å². The second-order valence-corrected chi connectivity index (χ2v) is 6.41. The zero-order valence-electron chi connectivity index (χ0n) is 11.9. The van der Waals surface area contributed by atoms with E-state index in [0.717, 1.165) is 22.3 Å². The quantitative estimate of drug-likeness (QED) is 0.358. The molecule has 3 rings (SSSR count). The molecule has 0 saturated carbocycles. The lowest BCUT2D eigenvalue weighted by Crippen LogP contribution is -2.28. The lowest BCUT2D eigenvalue weighted by molar-refractivity contribution is -0.380. The highest BCUT2D eigenvalue weighted by Gasteiger charge is 2.35. The maximum atomic E-state index is 13.2. The zero-order valence-corrected chi connectivity index (χ0v) is 13.4. The second kappa shape index (κ2) is 6.14. The van der Waals surface area contributed by atoms with E-state index < -0.39 is 22.6 Å². The molecular formula is C15H8ClFN2O4S. The van der Waals surface area contributed by atoms with Gasteiger partial charge in [0.2, 0.25) is 5.91 Å². The van der Waals surface area contributed by atoms with Gasteiger partial charge >= 0.3 is 5.00 Å². The molecule has 0 aliphatic carbocycles. The summed E-state index contributed by atoms with van der Waals surface area (Å²) in [6.45, 7) is 0. The molecule has 0 N–H and O–H groups in total. The number of thiophene rings is 1. The van der Waals surface area contributed by atoms with Crippen LogP contribution in [-0.4, -0.2) is 16.7 Å². The number of benzene rings is 1. The normalized spacial score (nSPS) is 16.2. The molecule has 0 unspecified atom stereocenters. The van der Waals surface area contributed by atoms with Crippen LogP contribution in [-0.2, 0) is 9.59 Å². The Labute approximate surface area is 143 Å². The van der Waals surface area contributed by atoms with Crippen molar-refractivity contribution < 1.29 is 18.9 Å². The summed E-state index contributed by atoms with van der Waals surface area (Å²) in [4.78, 5) is 36.1. The molecule has 0 spiro atoms. The van der Waals surface area contributed by atoms with Gasteiger partial charge in [-0.15, -0.1) is 0 Å². The molecule has 1 aliphatic rings. The molecule has 1 aromatic carbocycles. The van der Waals surface area contributed by atoms with Crippen molar-refractivity contribution in [3.05, 3.63) is 61.7 Å². The smallest absolute Gasteiger partial charge is 0.274 e. The van der Waals surface area contributed by atoms with Crippen molar-refractivity contribution in [1.82, 2.24) is 0 Å². The van der Waals surface area contributed by atoms with E-state index in [9.17, 15) is 24.1 Å². The van der Waals surface area contributed by atoms with Crippen molar-refractivity contribution >= 4 is 51.5 Å². The summed E-state index contributed by atoms with van der Waals surface area (Å²) in [6, 6.07) is 6.39. The number of hydrogen-bond acceptors (Lipinski definition) is 5. The molecule has 0 radical (unpaired) electrons. The first-order chi connectivity index (χ1) is 11.4. The topological polar surface area (TPSA) is 80.5 Å². The van der Waals surface area contributed by atoms with Gasteiger partial charge in [0.1, 0.15) is 5.82 Å². The Balaban J connectivity index is 1.91. The first-order valence-electron chi connectivity index (χ1n) is 6.64. The largest absolute Gasteiger partial charge is 0.324 e. The molecule has 1 aromatic heterocycles. The predicted octanol–water partition coefficient (Wildman–Crippen LogP) is 3.80. The van der Waals surface area contributed by atoms with E-state index in [-0.39, 0.29) is 27.7 Å². The third-order valence-electron chi connectivity index (χ3n) is 3.34. The van der Waals surface area contributed by atoms with Gasteiger partial charge in [-0.1, -0.05) is 22.9 Å². The summed E-state index contributed by atoms with van der Waals surface area (Å²) >= 11 is 6.59. The number of imide groups is 1. The van der Waals surface area contributed by atoms with Gasteiger partial charge in [0, 0.05) is 16.5 Å². The van der Waals surface area contributed by atoms with Crippen LogP contribution in [0.3, 0.4) is 0 Å². The van der Waals surface area contributed by atoms with E-state index in [0.29, 0.717) is 4.88 Å². The molecule has 2 aromatic rings. The van der Waals surface area contributed by atoms with Crippen molar-refractivity contribution in [3.8, 4) is 0 Å². The van der Waals surface area contributed by atoms with E-state index in [4.69, 9.17) is 11.6 Å². The molecular weight excluding hydrogens is 359 g/mol. The maximum Gasteiger partial charge on any atom is 0.324 e. The summed E-state index contributed by atoms with van der Waals surface area (Å²) in [7, 11) is 0. The monoisotopic (exact) mass is 366 g/mol. The number of halogens is 2. The van der Waals surface area contributed by atoms with E-state index in [1.165, 1.54) is 30.3 Å². The highest BCUT2D eigenvalue weighted by Crippen LogP contribution is 2.32. The molecule has 6 nitrogen and oxygen atoms in total. The lowest BCUT2D eigenvalue weighted by Gasteiger charge is -2.13. The lowest BCUT2D eigenvalue weighted by atomic mass is 10.2. The third kappa shape index (κ3) is 2.93. The summed E-state index contributed by atoms with van der Waals surface area (Å²) < 4.78 is 13.2. The van der Waals surface area contributed by atoms with Gasteiger partial charge in [-0.3, -0.25) is 19.7 Å². The molecule has 1 saturated heterocycles. The minimum atomic E-state index is -0.652. The molecule has 24 heavy (non-hydrogen) atoms. The first kappa shape index (κ1) is 16.3. The average molecular weight is 367 g/mol. The summed E-state index contributed by atoms with van der Waals surface area (Å²) in [5.74, 6) is -1.68. The Hall–Kier alpha value is -2.58. The van der Waals surface area contributed by atoms with E-state index in [2.05, 4.69) is 0 Å². The van der Waals surface area contributed by atoms with Crippen molar-refractivity contribution in [2.75, 3.05) is 4.90 Å². The van der Waals surface area contributed by atoms with Crippen molar-refractivity contribution in [1.29, 1.82) is 0 Å². The van der Waals surface area contributed by atoms with Gasteiger partial charge in [0.25, 0.3) is 5.91 Å². The van der Waals surface area contributed by atoms with Gasteiger partial charge in [0.15, 0.2) is 0 Å². The Morgan fingerprint density at radius 3 is 2.67 bits per heavy atom. The number of nitro groups is 1. The standard InChI is InChI=1S/C15H8ClFN2O4S/c16-11-7-9(1-3-12(11)17)18-13(20)6-8(15(18)21)5-10-2-4-14(24-10)19(22)23/h1-5,7H,6H2/b8-5+. The van der Waals surface area contributed by atoms with E-state index in [1.807, 2.05) is 0 Å². The Morgan fingerprint density at radius 1 is 1.29 bits per heavy atom. The van der Waals surface area contributed by atoms with Gasteiger partial charge in [0.05, 0.1) is 22.1 Å². The predicted molar refractivity (Wildman–Crippen MR) is 87.5 cm³/mol. The molecule has 1 aliphatic heterocycles. The highest BCUT2D eigenvalue weighted by atomic mass is 35.5. The van der Waals surface area contributed by atoms with Crippen LogP contribution in [0.15, 0.2) is 35.9 Å². The van der Waals surface area contributed by atoms with Crippen LogP contribution in [0.4, 0.5) is 15.1 Å². The Morgan fingerprint density at radius 2 is 2.04 bits per heavy atom. The number of carbonyl (C=O) groups is 2. The fourth-order valence-corrected chi connectivity index (χ4v) is 3.23. The summed E-state index contributed by atoms with van der Waals surface area (Å²) in [6.07, 6.45) is 1.31. The van der Waals surface area contributed by atoms with Gasteiger partial charge < -0.3 is 0 Å². The number of amides is 2. The number of carbonyl (C=O) groups excluding carboxylic acids is 2. The first-order valence-corrected chi connectivity index (χ1v) is 7.83. The van der Waals surface area contributed by atoms with Gasteiger partial charge in [-0.25, -0.2) is 9.29 Å². The van der Waals surface area contributed by atoms with Crippen molar-refractivity contribution in [3.63, 3.8) is 0 Å². The molecule has 122 valence electrons. The minimum Gasteiger partial charge on any atom is -0.274 e. The van der Waals surface area contributed by atoms with E-state index in [1.54, 1.807) is 0 Å². The molecule has 9 heteroatoms. The van der Waals surface area contributed by atoms with Crippen LogP contribution in [0.1, 0.15) is 11.3 Å². The molecule has 1 fully saturated rings. The van der Waals surface area contributed by atoms with Crippen LogP contribution in [0.25, 0.3) is 6.08 Å². The SMILES string of the molecule is O=C1C/C(=C\c2ccc([N+](=O)[O-])s2)C(=O)N1c1ccc(F)c(Cl)c1. The Kier molecular flexibility index (Phi) is 4.16. The van der Waals surface area contributed by atoms with E-state index >= 15 is 0 Å². The molecule has 2 amide bonds. The van der Waals surface area contributed by atoms with Crippen LogP contribution in [0.2, 0.25) is 5.02 Å². The molecule has 2 heterocycles. The fraction of sp³-hybridized carbons (Fsp3) is 0.0667. The Bertz CT molecular complexity index is 909. The third-order valence-corrected chi connectivity index (χ3v) is 4.61. The fourth-order valence-electron chi connectivity index (χ4n) is 2.26. The summed E-state index contributed by atoms with van der Waals surface area (Å²) in [5, 5.41) is 10.4. The second-order valence-electron chi connectivity index (χ2n) is 4.91.